The largest absolute Gasteiger partial charge is 0.496 e. The zero-order valence-electron chi connectivity index (χ0n) is 10.5. The van der Waals surface area contributed by atoms with Crippen LogP contribution in [0.15, 0.2) is 23.4 Å². The first-order valence-corrected chi connectivity index (χ1v) is 6.68. The number of nitrogens with zero attached hydrogens (tertiary/aromatic N) is 3. The maximum atomic E-state index is 11.7. The Morgan fingerprint density at radius 3 is 2.67 bits per heavy atom. The van der Waals surface area contributed by atoms with Crippen molar-refractivity contribution in [1.29, 1.82) is 0 Å². The first-order chi connectivity index (χ1) is 8.34. The Bertz CT molecular complexity index is 536. The molecule has 0 saturated carbocycles. The van der Waals surface area contributed by atoms with E-state index in [1.165, 1.54) is 0 Å². The first kappa shape index (κ1) is 13.2. The van der Waals surface area contributed by atoms with Gasteiger partial charge in [0.25, 0.3) is 11.9 Å². The number of aromatic nitrogens is 1. The molecule has 2 heterocycles. The van der Waals surface area contributed by atoms with Gasteiger partial charge in [0.05, 0.1) is 10.9 Å². The van der Waals surface area contributed by atoms with Crippen LogP contribution in [0.25, 0.3) is 0 Å². The van der Waals surface area contributed by atoms with E-state index in [0.717, 1.165) is 5.56 Å². The van der Waals surface area contributed by atoms with Crippen LogP contribution in [0, 0.1) is 0 Å². The van der Waals surface area contributed by atoms with Crippen molar-refractivity contribution in [3.8, 4) is 0 Å². The molecule has 0 saturated heterocycles. The highest BCUT2D eigenvalue weighted by Gasteiger charge is 2.53. The van der Waals surface area contributed by atoms with Gasteiger partial charge in [0.1, 0.15) is 11.3 Å². The van der Waals surface area contributed by atoms with Crippen LogP contribution in [0.5, 0.6) is 0 Å². The molecule has 1 amide bonds. The molecule has 0 spiro atoms. The van der Waals surface area contributed by atoms with Crippen LogP contribution < -0.4 is 9.70 Å². The van der Waals surface area contributed by atoms with Crippen molar-refractivity contribution >= 4 is 33.6 Å². The van der Waals surface area contributed by atoms with E-state index < -0.39 is 16.2 Å². The van der Waals surface area contributed by atoms with E-state index in [0.29, 0.717) is 16.9 Å². The van der Waals surface area contributed by atoms with E-state index >= 15 is 0 Å². The molecule has 0 radical (unpaired) electrons. The van der Waals surface area contributed by atoms with Crippen LogP contribution in [0.2, 0.25) is 0 Å². The molecule has 0 aliphatic carbocycles. The fourth-order valence-electron chi connectivity index (χ4n) is 2.13. The molecule has 0 aromatic carbocycles. The predicted octanol–water partition coefficient (Wildman–Crippen LogP) is 1.64. The van der Waals surface area contributed by atoms with Crippen molar-refractivity contribution in [1.82, 2.24) is 9.58 Å². The van der Waals surface area contributed by atoms with Gasteiger partial charge in [-0.3, -0.25) is 0 Å². The van der Waals surface area contributed by atoms with Crippen LogP contribution in [0.1, 0.15) is 26.3 Å². The molecular weight excluding hydrogens is 298 g/mol. The lowest BCUT2D eigenvalue weighted by Crippen LogP contribution is -2.65. The third-order valence-corrected chi connectivity index (χ3v) is 3.57. The van der Waals surface area contributed by atoms with Crippen molar-refractivity contribution in [3.05, 3.63) is 23.9 Å². The number of alkyl halides is 1. The van der Waals surface area contributed by atoms with E-state index in [4.69, 9.17) is 0 Å². The molecule has 96 valence electrons. The van der Waals surface area contributed by atoms with Crippen molar-refractivity contribution in [3.63, 3.8) is 0 Å². The SMILES string of the molecule is CC(C)(C)[N+]1(C(=O)[O-])N=C(CBr)c2cccnc21. The summed E-state index contributed by atoms with van der Waals surface area (Å²) < 4.78 is -0.621. The number of fused-ring (bicyclic) bond motifs is 1. The molecule has 18 heavy (non-hydrogen) atoms. The van der Waals surface area contributed by atoms with Crippen molar-refractivity contribution in [2.75, 3.05) is 5.33 Å². The van der Waals surface area contributed by atoms with Gasteiger partial charge in [-0.15, -0.1) is 0 Å². The third-order valence-electron chi connectivity index (χ3n) is 3.04. The quantitative estimate of drug-likeness (QED) is 0.585. The average molecular weight is 312 g/mol. The summed E-state index contributed by atoms with van der Waals surface area (Å²) in [4.78, 5) is 15.9. The summed E-state index contributed by atoms with van der Waals surface area (Å²) in [5.41, 5.74) is 0.761. The lowest BCUT2D eigenvalue weighted by molar-refractivity contribution is -0.269. The second kappa shape index (κ2) is 4.13. The summed E-state index contributed by atoms with van der Waals surface area (Å²) >= 11 is 3.33. The molecule has 1 atom stereocenters. The minimum absolute atomic E-state index is 0.416. The number of pyridine rings is 1. The average Bonchev–Trinajstić information content (AvgIpc) is 2.64. The van der Waals surface area contributed by atoms with E-state index in [1.54, 1.807) is 12.3 Å². The monoisotopic (exact) mass is 311 g/mol. The zero-order valence-corrected chi connectivity index (χ0v) is 12.1. The van der Waals surface area contributed by atoms with Crippen LogP contribution in [-0.4, -0.2) is 27.7 Å². The summed E-state index contributed by atoms with van der Waals surface area (Å²) in [6.45, 7) is 5.42. The molecule has 1 aromatic rings. The lowest BCUT2D eigenvalue weighted by atomic mass is 10.0. The van der Waals surface area contributed by atoms with E-state index in [2.05, 4.69) is 26.0 Å². The molecule has 1 unspecified atom stereocenters. The minimum Gasteiger partial charge on any atom is -0.496 e. The number of carbonyl (C=O) groups excluding carboxylic acids is 1. The summed E-state index contributed by atoms with van der Waals surface area (Å²) in [7, 11) is 0. The van der Waals surface area contributed by atoms with Crippen molar-refractivity contribution in [2.45, 2.75) is 26.3 Å². The van der Waals surface area contributed by atoms with Gasteiger partial charge in [-0.25, -0.2) is 4.98 Å². The third kappa shape index (κ3) is 1.59. The number of hydrogen-bond donors (Lipinski definition) is 0. The highest BCUT2D eigenvalue weighted by molar-refractivity contribution is 9.09. The molecule has 5 nitrogen and oxygen atoms in total. The van der Waals surface area contributed by atoms with Gasteiger partial charge in [0.2, 0.25) is 0 Å². The second-order valence-corrected chi connectivity index (χ2v) is 5.69. The van der Waals surface area contributed by atoms with Gasteiger partial charge in [-0.05, 0) is 32.9 Å². The van der Waals surface area contributed by atoms with Crippen molar-refractivity contribution in [2.24, 2.45) is 5.10 Å². The van der Waals surface area contributed by atoms with Crippen LogP contribution >= 0.6 is 15.9 Å². The second-order valence-electron chi connectivity index (χ2n) is 5.13. The van der Waals surface area contributed by atoms with Crippen LogP contribution in [0.3, 0.4) is 0 Å². The fraction of sp³-hybridized carbons (Fsp3) is 0.417. The molecule has 0 fully saturated rings. The number of rotatable bonds is 1. The van der Waals surface area contributed by atoms with Gasteiger partial charge in [0, 0.05) is 6.20 Å². The molecule has 1 aliphatic rings. The number of halogens is 1. The van der Waals surface area contributed by atoms with Gasteiger partial charge in [-0.2, -0.15) is 0 Å². The Morgan fingerprint density at radius 1 is 1.50 bits per heavy atom. The topological polar surface area (TPSA) is 65.4 Å². The highest BCUT2D eigenvalue weighted by atomic mass is 79.9. The Kier molecular flexibility index (Phi) is 3.03. The van der Waals surface area contributed by atoms with Crippen molar-refractivity contribution < 1.29 is 9.90 Å². The van der Waals surface area contributed by atoms with Gasteiger partial charge in [-0.1, -0.05) is 25.6 Å². The molecular formula is C12H14BrN3O2. The summed E-state index contributed by atoms with van der Waals surface area (Å²) in [6.07, 6.45) is 0.311. The molecule has 2 rings (SSSR count). The van der Waals surface area contributed by atoms with E-state index in [-0.39, 0.29) is 0 Å². The Morgan fingerprint density at radius 2 is 2.17 bits per heavy atom. The lowest BCUT2D eigenvalue weighted by Gasteiger charge is -2.38. The molecule has 0 bridgehead atoms. The molecule has 1 aliphatic heterocycles. The zero-order chi connectivity index (χ0) is 13.6. The first-order valence-electron chi connectivity index (χ1n) is 5.56. The predicted molar refractivity (Wildman–Crippen MR) is 71.5 cm³/mol. The number of amides is 1. The Balaban J connectivity index is 2.78. The van der Waals surface area contributed by atoms with E-state index in [9.17, 15) is 9.90 Å². The minimum atomic E-state index is -1.27. The molecule has 1 aromatic heterocycles. The number of carboxylic acid groups (broad SMARTS) is 1. The Labute approximate surface area is 114 Å². The normalized spacial score (nSPS) is 22.6. The molecule has 0 N–H and O–H groups in total. The standard InChI is InChI=1S/C12H14BrN3O2/c1-12(2,3)16(11(17)18)10-8(5-4-6-14-10)9(7-13)15-16/h4-6H,7H2,1-3H3. The maximum absolute atomic E-state index is 11.7. The van der Waals surface area contributed by atoms with Crippen LogP contribution in [-0.2, 0) is 0 Å². The number of quaternary nitrogens is 1. The Hall–Kier alpha value is -1.27. The molecule has 6 heteroatoms. The highest BCUT2D eigenvalue weighted by Crippen LogP contribution is 2.40. The van der Waals surface area contributed by atoms with E-state index in [1.807, 2.05) is 26.8 Å². The van der Waals surface area contributed by atoms with Gasteiger partial charge < -0.3 is 9.90 Å². The summed E-state index contributed by atoms with van der Waals surface area (Å²) in [6, 6.07) is 3.60. The van der Waals surface area contributed by atoms with Gasteiger partial charge >= 0.3 is 0 Å². The number of hydrogen-bond acceptors (Lipinski definition) is 4. The van der Waals surface area contributed by atoms with Crippen LogP contribution in [0.4, 0.5) is 10.6 Å². The fourth-order valence-corrected chi connectivity index (χ4v) is 2.54. The number of carbonyl (C=O) groups is 1. The van der Waals surface area contributed by atoms with Gasteiger partial charge in [0.15, 0.2) is 0 Å². The smallest absolute Gasteiger partial charge is 0.292 e. The summed E-state index contributed by atoms with van der Waals surface area (Å²) in [5, 5.41) is 16.5. The summed E-state index contributed by atoms with van der Waals surface area (Å²) in [5.74, 6) is 0.416. The maximum Gasteiger partial charge on any atom is 0.292 e.